The molecule has 0 radical (unpaired) electrons. The predicted molar refractivity (Wildman–Crippen MR) is 121 cm³/mol. The molecule has 1 aliphatic heterocycles. The van der Waals surface area contributed by atoms with E-state index in [1.807, 2.05) is 10.7 Å². The first-order valence-corrected chi connectivity index (χ1v) is 11.6. The summed E-state index contributed by atoms with van der Waals surface area (Å²) in [5, 5.41) is 16.4. The van der Waals surface area contributed by atoms with E-state index in [9.17, 15) is 0 Å². The third kappa shape index (κ3) is 3.89. The number of nitrogens with zero attached hydrogens (tertiary/aromatic N) is 4. The van der Waals surface area contributed by atoms with Crippen LogP contribution >= 0.6 is 0 Å². The molecule has 0 aromatic carbocycles. The lowest BCUT2D eigenvalue weighted by atomic mass is 9.80. The summed E-state index contributed by atoms with van der Waals surface area (Å²) in [6, 6.07) is 2.80. The van der Waals surface area contributed by atoms with Gasteiger partial charge < -0.3 is 10.1 Å². The molecule has 7 heteroatoms. The van der Waals surface area contributed by atoms with Gasteiger partial charge in [-0.1, -0.05) is 20.8 Å². The molecule has 0 bridgehead atoms. The largest absolute Gasteiger partial charge is 0.380 e. The van der Waals surface area contributed by atoms with E-state index in [0.29, 0.717) is 23.3 Å². The third-order valence-corrected chi connectivity index (χ3v) is 7.10. The van der Waals surface area contributed by atoms with Crippen molar-refractivity contribution in [2.45, 2.75) is 71.3 Å². The van der Waals surface area contributed by atoms with Crippen LogP contribution < -0.4 is 5.32 Å². The van der Waals surface area contributed by atoms with Crippen molar-refractivity contribution in [2.75, 3.05) is 19.8 Å². The molecule has 5 rings (SSSR count). The topological polar surface area (TPSA) is 80.1 Å². The predicted octanol–water partition coefficient (Wildman–Crippen LogP) is 4.20. The van der Waals surface area contributed by atoms with Gasteiger partial charge in [0.25, 0.3) is 0 Å². The highest BCUT2D eigenvalue weighted by Gasteiger charge is 2.34. The second kappa shape index (κ2) is 8.02. The van der Waals surface area contributed by atoms with Gasteiger partial charge >= 0.3 is 0 Å². The third-order valence-electron chi connectivity index (χ3n) is 7.10. The highest BCUT2D eigenvalue weighted by molar-refractivity contribution is 5.68. The van der Waals surface area contributed by atoms with Crippen molar-refractivity contribution in [3.63, 3.8) is 0 Å². The fourth-order valence-electron chi connectivity index (χ4n) is 5.23. The Kier molecular flexibility index (Phi) is 5.34. The molecule has 4 heterocycles. The second-order valence-corrected chi connectivity index (χ2v) is 10.2. The van der Waals surface area contributed by atoms with Crippen LogP contribution in [0.4, 0.5) is 0 Å². The van der Waals surface area contributed by atoms with Gasteiger partial charge in [0.05, 0.1) is 18.9 Å². The Balaban J connectivity index is 1.34. The van der Waals surface area contributed by atoms with Crippen molar-refractivity contribution in [3.05, 3.63) is 35.4 Å². The molecule has 0 atom stereocenters. The summed E-state index contributed by atoms with van der Waals surface area (Å²) >= 11 is 0. The van der Waals surface area contributed by atoms with E-state index >= 15 is 0 Å². The van der Waals surface area contributed by atoms with Crippen LogP contribution in [0.25, 0.3) is 16.9 Å². The maximum absolute atomic E-state index is 5.39. The number of ether oxygens (including phenoxy) is 1. The van der Waals surface area contributed by atoms with E-state index in [4.69, 9.17) is 9.84 Å². The van der Waals surface area contributed by atoms with E-state index in [1.165, 1.54) is 36.9 Å². The van der Waals surface area contributed by atoms with Crippen molar-refractivity contribution in [1.82, 2.24) is 30.1 Å². The first kappa shape index (κ1) is 20.6. The Hall–Kier alpha value is -2.25. The summed E-state index contributed by atoms with van der Waals surface area (Å²) in [4.78, 5) is 4.35. The van der Waals surface area contributed by atoms with E-state index < -0.39 is 0 Å². The summed E-state index contributed by atoms with van der Waals surface area (Å²) < 4.78 is 7.25. The van der Waals surface area contributed by atoms with E-state index in [2.05, 4.69) is 54.3 Å². The monoisotopic (exact) mass is 422 g/mol. The average Bonchev–Trinajstić information content (AvgIpc) is 3.38. The molecular formula is C24H34N6O. The minimum absolute atomic E-state index is 0.337. The summed E-state index contributed by atoms with van der Waals surface area (Å²) in [5.41, 5.74) is 7.21. The van der Waals surface area contributed by atoms with Gasteiger partial charge in [0.15, 0.2) is 5.65 Å². The molecule has 0 spiro atoms. The maximum Gasteiger partial charge on any atom is 0.158 e. The van der Waals surface area contributed by atoms with Crippen molar-refractivity contribution in [3.8, 4) is 11.3 Å². The standard InChI is InChI=1S/C24H34N6O/c1-15(2)20-21(17-5-7-19(8-6-17)25-11-24(4)12-31-13-24)28-29-22(20)18-9-16(3)23-26-14-27-30(23)10-18/h9-10,14-15,17,19,25H,5-8,11-13H2,1-4H3,(H,28,29). The van der Waals surface area contributed by atoms with Crippen LogP contribution in [-0.2, 0) is 4.74 Å². The molecule has 1 aliphatic carbocycles. The number of rotatable bonds is 6. The maximum atomic E-state index is 5.39. The van der Waals surface area contributed by atoms with E-state index in [0.717, 1.165) is 42.2 Å². The van der Waals surface area contributed by atoms with Crippen LogP contribution in [-0.4, -0.2) is 50.6 Å². The Morgan fingerprint density at radius 2 is 2.03 bits per heavy atom. The number of aryl methyl sites for hydroxylation is 1. The number of aromatic amines is 1. The number of hydrogen-bond donors (Lipinski definition) is 2. The lowest BCUT2D eigenvalue weighted by Crippen LogP contribution is -2.50. The number of pyridine rings is 1. The summed E-state index contributed by atoms with van der Waals surface area (Å²) in [6.45, 7) is 11.8. The van der Waals surface area contributed by atoms with Crippen molar-refractivity contribution in [2.24, 2.45) is 5.41 Å². The molecule has 3 aromatic heterocycles. The van der Waals surface area contributed by atoms with Gasteiger partial charge in [-0.3, -0.25) is 5.10 Å². The highest BCUT2D eigenvalue weighted by Crippen LogP contribution is 2.40. The van der Waals surface area contributed by atoms with Gasteiger partial charge in [-0.15, -0.1) is 0 Å². The molecule has 7 nitrogen and oxygen atoms in total. The highest BCUT2D eigenvalue weighted by atomic mass is 16.5. The quantitative estimate of drug-likeness (QED) is 0.622. The van der Waals surface area contributed by atoms with Crippen molar-refractivity contribution in [1.29, 1.82) is 0 Å². The minimum Gasteiger partial charge on any atom is -0.380 e. The second-order valence-electron chi connectivity index (χ2n) is 10.2. The van der Waals surface area contributed by atoms with E-state index in [1.54, 1.807) is 6.33 Å². The van der Waals surface area contributed by atoms with E-state index in [-0.39, 0.29) is 0 Å². The van der Waals surface area contributed by atoms with Gasteiger partial charge in [0, 0.05) is 46.9 Å². The molecule has 0 amide bonds. The number of hydrogen-bond acceptors (Lipinski definition) is 5. The van der Waals surface area contributed by atoms with Crippen molar-refractivity contribution < 1.29 is 4.74 Å². The zero-order valence-electron chi connectivity index (χ0n) is 19.1. The molecule has 2 N–H and O–H groups in total. The van der Waals surface area contributed by atoms with Gasteiger partial charge in [0.2, 0.25) is 0 Å². The number of nitrogens with one attached hydrogen (secondary N) is 2. The van der Waals surface area contributed by atoms with Crippen LogP contribution in [0.5, 0.6) is 0 Å². The Morgan fingerprint density at radius 3 is 2.71 bits per heavy atom. The SMILES string of the molecule is Cc1cc(-c2n[nH]c(C3CCC(NCC4(C)COC4)CC3)c2C(C)C)cn2ncnc12. The Morgan fingerprint density at radius 1 is 1.26 bits per heavy atom. The number of fused-ring (bicyclic) bond motifs is 1. The molecular weight excluding hydrogens is 388 g/mol. The van der Waals surface area contributed by atoms with Crippen LogP contribution in [0.3, 0.4) is 0 Å². The lowest BCUT2D eigenvalue weighted by molar-refractivity contribution is -0.100. The Labute approximate surface area is 184 Å². The normalized spacial score (nSPS) is 23.4. The average molecular weight is 423 g/mol. The number of H-pyrrole nitrogens is 1. The van der Waals surface area contributed by atoms with Gasteiger partial charge in [-0.25, -0.2) is 9.50 Å². The van der Waals surface area contributed by atoms with Crippen LogP contribution in [0.1, 0.15) is 75.1 Å². The van der Waals surface area contributed by atoms with Crippen LogP contribution in [0.15, 0.2) is 18.6 Å². The first-order chi connectivity index (χ1) is 14.9. The molecule has 0 unspecified atom stereocenters. The van der Waals surface area contributed by atoms with Gasteiger partial charge in [-0.05, 0) is 50.2 Å². The Bertz CT molecular complexity index is 1060. The zero-order chi connectivity index (χ0) is 21.6. The summed E-state index contributed by atoms with van der Waals surface area (Å²) in [6.07, 6.45) is 8.50. The summed E-state index contributed by atoms with van der Waals surface area (Å²) in [5.74, 6) is 0.959. The molecule has 166 valence electrons. The van der Waals surface area contributed by atoms with Gasteiger partial charge in [-0.2, -0.15) is 10.2 Å². The first-order valence-electron chi connectivity index (χ1n) is 11.6. The van der Waals surface area contributed by atoms with Gasteiger partial charge in [0.1, 0.15) is 6.33 Å². The zero-order valence-corrected chi connectivity index (χ0v) is 19.1. The molecule has 3 aromatic rings. The van der Waals surface area contributed by atoms with Crippen molar-refractivity contribution >= 4 is 5.65 Å². The van der Waals surface area contributed by atoms with Crippen LogP contribution in [0, 0.1) is 12.3 Å². The fourth-order valence-corrected chi connectivity index (χ4v) is 5.23. The summed E-state index contributed by atoms with van der Waals surface area (Å²) in [7, 11) is 0. The molecule has 2 fully saturated rings. The smallest absolute Gasteiger partial charge is 0.158 e. The van der Waals surface area contributed by atoms with Crippen LogP contribution in [0.2, 0.25) is 0 Å². The minimum atomic E-state index is 0.337. The molecule has 2 aliphatic rings. The molecule has 1 saturated carbocycles. The lowest BCUT2D eigenvalue weighted by Gasteiger charge is -2.40. The molecule has 31 heavy (non-hydrogen) atoms. The number of aromatic nitrogens is 5. The molecule has 1 saturated heterocycles. The fraction of sp³-hybridized carbons (Fsp3) is 0.625.